The van der Waals surface area contributed by atoms with Gasteiger partial charge in [0, 0.05) is 13.1 Å². The van der Waals surface area contributed by atoms with Crippen LogP contribution in [-0.4, -0.2) is 54.1 Å². The monoisotopic (exact) mass is 253 g/mol. The van der Waals surface area contributed by atoms with Crippen LogP contribution in [0.15, 0.2) is 0 Å². The number of nitrogens with zero attached hydrogens (tertiary/aromatic N) is 2. The van der Waals surface area contributed by atoms with Crippen LogP contribution >= 0.6 is 0 Å². The van der Waals surface area contributed by atoms with E-state index in [2.05, 4.69) is 24.1 Å². The van der Waals surface area contributed by atoms with Crippen molar-refractivity contribution in [3.05, 3.63) is 0 Å². The molecule has 2 aliphatic rings. The summed E-state index contributed by atoms with van der Waals surface area (Å²) in [6.45, 7) is 11.6. The molecule has 4 nitrogen and oxygen atoms in total. The van der Waals surface area contributed by atoms with Crippen LogP contribution in [-0.2, 0) is 4.79 Å². The highest BCUT2D eigenvalue weighted by atomic mass is 16.2. The third kappa shape index (κ3) is 2.86. The topological polar surface area (TPSA) is 35.6 Å². The molecule has 2 unspecified atom stereocenters. The van der Waals surface area contributed by atoms with Gasteiger partial charge < -0.3 is 9.80 Å². The van der Waals surface area contributed by atoms with Crippen LogP contribution in [0, 0.1) is 5.92 Å². The van der Waals surface area contributed by atoms with Crippen molar-refractivity contribution in [3.63, 3.8) is 0 Å². The van der Waals surface area contributed by atoms with E-state index < -0.39 is 0 Å². The van der Waals surface area contributed by atoms with Gasteiger partial charge in [0.15, 0.2) is 0 Å². The summed E-state index contributed by atoms with van der Waals surface area (Å²) in [7, 11) is 0. The van der Waals surface area contributed by atoms with Gasteiger partial charge in [-0.15, -0.1) is 0 Å². The van der Waals surface area contributed by atoms with E-state index in [1.54, 1.807) is 0 Å². The van der Waals surface area contributed by atoms with E-state index in [-0.39, 0.29) is 11.4 Å². The molecule has 1 amide bonds. The van der Waals surface area contributed by atoms with Crippen LogP contribution in [0.2, 0.25) is 0 Å². The summed E-state index contributed by atoms with van der Waals surface area (Å²) in [6, 6.07) is 0. The molecule has 0 spiro atoms. The second-order valence-corrected chi connectivity index (χ2v) is 6.16. The van der Waals surface area contributed by atoms with Crippen molar-refractivity contribution in [1.29, 1.82) is 0 Å². The number of hydrogen-bond acceptors (Lipinski definition) is 3. The lowest BCUT2D eigenvalue weighted by molar-refractivity contribution is -0.132. The molecule has 2 saturated heterocycles. The second-order valence-electron chi connectivity index (χ2n) is 6.16. The lowest BCUT2D eigenvalue weighted by Crippen LogP contribution is -2.43. The molecule has 1 N–H and O–H groups in total. The zero-order valence-electron chi connectivity index (χ0n) is 12.0. The first-order valence-electron chi connectivity index (χ1n) is 7.32. The molecule has 0 radical (unpaired) electrons. The number of amides is 1. The van der Waals surface area contributed by atoms with E-state index in [0.717, 1.165) is 19.5 Å². The average Bonchev–Trinajstić information content (AvgIpc) is 2.93. The van der Waals surface area contributed by atoms with Crippen LogP contribution in [0.25, 0.3) is 0 Å². The Kier molecular flexibility index (Phi) is 4.28. The van der Waals surface area contributed by atoms with Crippen molar-refractivity contribution in [3.8, 4) is 0 Å². The fourth-order valence-electron chi connectivity index (χ4n) is 3.03. The molecule has 2 fully saturated rings. The molecule has 0 saturated carbocycles. The van der Waals surface area contributed by atoms with E-state index in [9.17, 15) is 4.79 Å². The number of hydrogen-bond donors (Lipinski definition) is 1. The fraction of sp³-hybridized carbons (Fsp3) is 0.929. The maximum atomic E-state index is 12.3. The first-order valence-corrected chi connectivity index (χ1v) is 7.32. The minimum Gasteiger partial charge on any atom is -0.328 e. The molecular formula is C14H27N3O. The summed E-state index contributed by atoms with van der Waals surface area (Å²) in [4.78, 5) is 16.8. The van der Waals surface area contributed by atoms with Gasteiger partial charge in [0.2, 0.25) is 5.91 Å². The first-order chi connectivity index (χ1) is 8.55. The van der Waals surface area contributed by atoms with Crippen LogP contribution in [0.1, 0.15) is 40.0 Å². The highest BCUT2D eigenvalue weighted by Crippen LogP contribution is 2.20. The summed E-state index contributed by atoms with van der Waals surface area (Å²) < 4.78 is 0. The van der Waals surface area contributed by atoms with Crippen molar-refractivity contribution in [2.75, 3.05) is 32.8 Å². The van der Waals surface area contributed by atoms with Gasteiger partial charge in [0.25, 0.3) is 0 Å². The summed E-state index contributed by atoms with van der Waals surface area (Å²) >= 11 is 0. The normalized spacial score (nSPS) is 31.3. The van der Waals surface area contributed by atoms with Gasteiger partial charge in [0.1, 0.15) is 0 Å². The molecular weight excluding hydrogens is 226 g/mol. The largest absolute Gasteiger partial charge is 0.328 e. The molecule has 0 aromatic rings. The molecule has 0 bridgehead atoms. The van der Waals surface area contributed by atoms with Crippen molar-refractivity contribution >= 4 is 5.91 Å². The van der Waals surface area contributed by atoms with E-state index in [1.807, 2.05) is 11.8 Å². The molecule has 0 aliphatic carbocycles. The third-order valence-corrected chi connectivity index (χ3v) is 4.43. The summed E-state index contributed by atoms with van der Waals surface area (Å²) in [6.07, 6.45) is 3.54. The predicted molar refractivity (Wildman–Crippen MR) is 73.2 cm³/mol. The Morgan fingerprint density at radius 3 is 2.56 bits per heavy atom. The number of nitrogens with one attached hydrogen (secondary N) is 1. The highest BCUT2D eigenvalue weighted by Gasteiger charge is 2.40. The summed E-state index contributed by atoms with van der Waals surface area (Å²) in [5.74, 6) is 0.839. The predicted octanol–water partition coefficient (Wildman–Crippen LogP) is 1.28. The van der Waals surface area contributed by atoms with Crippen molar-refractivity contribution in [1.82, 2.24) is 15.1 Å². The summed E-state index contributed by atoms with van der Waals surface area (Å²) in [5, 5.41) is 3.34. The summed E-state index contributed by atoms with van der Waals surface area (Å²) in [5.41, 5.74) is -0.326. The Labute approximate surface area is 111 Å². The number of carbonyl (C=O) groups excluding carboxylic acids is 1. The van der Waals surface area contributed by atoms with Gasteiger partial charge in [-0.3, -0.25) is 10.1 Å². The van der Waals surface area contributed by atoms with Crippen LogP contribution in [0.4, 0.5) is 0 Å². The molecule has 2 heterocycles. The smallest absolute Gasteiger partial charge is 0.243 e. The Morgan fingerprint density at radius 2 is 2.00 bits per heavy atom. The minimum absolute atomic E-state index is 0.276. The fourth-order valence-corrected chi connectivity index (χ4v) is 3.03. The molecule has 18 heavy (non-hydrogen) atoms. The van der Waals surface area contributed by atoms with Gasteiger partial charge in [-0.2, -0.15) is 0 Å². The third-order valence-electron chi connectivity index (χ3n) is 4.43. The molecule has 4 heteroatoms. The Balaban J connectivity index is 1.81. The molecule has 2 rings (SSSR count). The Hall–Kier alpha value is -0.610. The SMILES string of the molecule is CCC1(C)NCN(CC(C)CN2CCCC2)C1=O. The standard InChI is InChI=1S/C14H27N3O/c1-4-14(3)13(18)17(11-15-14)10-12(2)9-16-7-5-6-8-16/h12,15H,4-11H2,1-3H3. The lowest BCUT2D eigenvalue weighted by Gasteiger charge is -2.26. The number of likely N-dealkylation sites (tertiary alicyclic amines) is 1. The second kappa shape index (κ2) is 5.57. The van der Waals surface area contributed by atoms with E-state index in [1.165, 1.54) is 25.9 Å². The minimum atomic E-state index is -0.326. The Morgan fingerprint density at radius 1 is 1.33 bits per heavy atom. The van der Waals surface area contributed by atoms with Gasteiger partial charge in [-0.25, -0.2) is 0 Å². The zero-order valence-corrected chi connectivity index (χ0v) is 12.0. The highest BCUT2D eigenvalue weighted by molar-refractivity contribution is 5.87. The molecule has 2 aliphatic heterocycles. The molecule has 104 valence electrons. The number of rotatable bonds is 5. The number of carbonyl (C=O) groups is 1. The lowest BCUT2D eigenvalue weighted by atomic mass is 9.99. The van der Waals surface area contributed by atoms with Crippen LogP contribution in [0.3, 0.4) is 0 Å². The quantitative estimate of drug-likeness (QED) is 0.801. The molecule has 0 aromatic carbocycles. The van der Waals surface area contributed by atoms with E-state index in [0.29, 0.717) is 12.6 Å². The van der Waals surface area contributed by atoms with Gasteiger partial charge in [-0.1, -0.05) is 13.8 Å². The van der Waals surface area contributed by atoms with Crippen molar-refractivity contribution < 1.29 is 4.79 Å². The maximum Gasteiger partial charge on any atom is 0.243 e. The van der Waals surface area contributed by atoms with Crippen LogP contribution < -0.4 is 5.32 Å². The van der Waals surface area contributed by atoms with Crippen molar-refractivity contribution in [2.24, 2.45) is 5.92 Å². The van der Waals surface area contributed by atoms with Gasteiger partial charge in [-0.05, 0) is 45.2 Å². The average molecular weight is 253 g/mol. The van der Waals surface area contributed by atoms with Gasteiger partial charge >= 0.3 is 0 Å². The molecule has 2 atom stereocenters. The zero-order chi connectivity index (χ0) is 13.2. The molecule has 0 aromatic heterocycles. The van der Waals surface area contributed by atoms with E-state index in [4.69, 9.17) is 0 Å². The van der Waals surface area contributed by atoms with Gasteiger partial charge in [0.05, 0.1) is 12.2 Å². The van der Waals surface area contributed by atoms with Crippen molar-refractivity contribution in [2.45, 2.75) is 45.6 Å². The van der Waals surface area contributed by atoms with Crippen LogP contribution in [0.5, 0.6) is 0 Å². The maximum absolute atomic E-state index is 12.3. The Bertz CT molecular complexity index is 301. The first kappa shape index (κ1) is 13.8. The van der Waals surface area contributed by atoms with E-state index >= 15 is 0 Å².